The van der Waals surface area contributed by atoms with Crippen molar-refractivity contribution in [1.29, 1.82) is 0 Å². The second-order valence-corrected chi connectivity index (χ2v) is 6.85. The van der Waals surface area contributed by atoms with Crippen LogP contribution in [0.15, 0.2) is 35.5 Å². The standard InChI is InChI=1S/C19H25N3O2/c1-5-10-22-11-15-16(18(22)23)17(20-19(24)21(15)4)14-8-6-13(7-9-14)12(2)3/h6-9,12,17H,5,10-11H2,1-4H3,(H,20,24)/t17-/m1/s1. The molecule has 3 amide bonds. The van der Waals surface area contributed by atoms with Gasteiger partial charge in [0.25, 0.3) is 5.91 Å². The number of hydrogen-bond acceptors (Lipinski definition) is 2. The largest absolute Gasteiger partial charge is 0.333 e. The maximum Gasteiger partial charge on any atom is 0.322 e. The topological polar surface area (TPSA) is 52.7 Å². The van der Waals surface area contributed by atoms with Gasteiger partial charge in [-0.25, -0.2) is 4.79 Å². The molecule has 2 aliphatic heterocycles. The number of urea groups is 1. The van der Waals surface area contributed by atoms with E-state index < -0.39 is 0 Å². The van der Waals surface area contributed by atoms with Crippen molar-refractivity contribution in [3.63, 3.8) is 0 Å². The number of hydrogen-bond donors (Lipinski definition) is 1. The van der Waals surface area contributed by atoms with E-state index in [1.165, 1.54) is 5.56 Å². The molecule has 24 heavy (non-hydrogen) atoms. The Balaban J connectivity index is 1.98. The third-order valence-electron chi connectivity index (χ3n) is 4.87. The molecule has 0 aliphatic carbocycles. The van der Waals surface area contributed by atoms with Crippen molar-refractivity contribution in [1.82, 2.24) is 15.1 Å². The van der Waals surface area contributed by atoms with Crippen LogP contribution in [-0.4, -0.2) is 41.9 Å². The fraction of sp³-hybridized carbons (Fsp3) is 0.474. The van der Waals surface area contributed by atoms with Crippen molar-refractivity contribution < 1.29 is 9.59 Å². The fourth-order valence-corrected chi connectivity index (χ4v) is 3.40. The Morgan fingerprint density at radius 3 is 2.46 bits per heavy atom. The lowest BCUT2D eigenvalue weighted by atomic mass is 9.93. The van der Waals surface area contributed by atoms with Gasteiger partial charge < -0.3 is 10.2 Å². The molecule has 5 heteroatoms. The zero-order chi connectivity index (χ0) is 17.4. The summed E-state index contributed by atoms with van der Waals surface area (Å²) in [6, 6.07) is 7.68. The van der Waals surface area contributed by atoms with Gasteiger partial charge in [0.15, 0.2) is 0 Å². The monoisotopic (exact) mass is 327 g/mol. The highest BCUT2D eigenvalue weighted by molar-refractivity contribution is 6.01. The number of carbonyl (C=O) groups is 2. The van der Waals surface area contributed by atoms with Crippen molar-refractivity contribution in [2.45, 2.75) is 39.2 Å². The average molecular weight is 327 g/mol. The van der Waals surface area contributed by atoms with Crippen LogP contribution in [0.25, 0.3) is 0 Å². The Morgan fingerprint density at radius 2 is 1.88 bits per heavy atom. The smallest absolute Gasteiger partial charge is 0.322 e. The lowest BCUT2D eigenvalue weighted by Gasteiger charge is -2.31. The molecule has 1 N–H and O–H groups in total. The molecular formula is C19H25N3O2. The number of likely N-dealkylation sites (N-methyl/N-ethyl adjacent to an activating group) is 1. The molecule has 1 atom stereocenters. The van der Waals surface area contributed by atoms with E-state index >= 15 is 0 Å². The Bertz CT molecular complexity index is 691. The summed E-state index contributed by atoms with van der Waals surface area (Å²) in [6.07, 6.45) is 0.908. The minimum absolute atomic E-state index is 0.0386. The van der Waals surface area contributed by atoms with Gasteiger partial charge in [0, 0.05) is 13.6 Å². The Hall–Kier alpha value is -2.30. The van der Waals surface area contributed by atoms with Crippen LogP contribution < -0.4 is 5.32 Å². The van der Waals surface area contributed by atoms with E-state index in [0.29, 0.717) is 24.6 Å². The number of nitrogens with zero attached hydrogens (tertiary/aromatic N) is 2. The molecule has 0 bridgehead atoms. The molecule has 5 nitrogen and oxygen atoms in total. The molecule has 0 saturated carbocycles. The molecule has 0 saturated heterocycles. The highest BCUT2D eigenvalue weighted by Gasteiger charge is 2.42. The van der Waals surface area contributed by atoms with Crippen molar-refractivity contribution in [3.05, 3.63) is 46.7 Å². The predicted molar refractivity (Wildman–Crippen MR) is 93.5 cm³/mol. The first-order chi connectivity index (χ1) is 11.4. The van der Waals surface area contributed by atoms with Crippen LogP contribution in [0.5, 0.6) is 0 Å². The van der Waals surface area contributed by atoms with E-state index in [-0.39, 0.29) is 18.0 Å². The maximum atomic E-state index is 12.8. The molecule has 0 spiro atoms. The summed E-state index contributed by atoms with van der Waals surface area (Å²) >= 11 is 0. The van der Waals surface area contributed by atoms with Gasteiger partial charge in [-0.05, 0) is 23.5 Å². The number of nitrogens with one attached hydrogen (secondary N) is 1. The molecule has 3 rings (SSSR count). The van der Waals surface area contributed by atoms with E-state index in [9.17, 15) is 9.59 Å². The predicted octanol–water partition coefficient (Wildman–Crippen LogP) is 3.01. The van der Waals surface area contributed by atoms with Gasteiger partial charge in [-0.1, -0.05) is 45.0 Å². The fourth-order valence-electron chi connectivity index (χ4n) is 3.40. The van der Waals surface area contributed by atoms with Crippen molar-refractivity contribution >= 4 is 11.9 Å². The lowest BCUT2D eigenvalue weighted by Crippen LogP contribution is -2.45. The molecule has 0 fully saturated rings. The van der Waals surface area contributed by atoms with Gasteiger partial charge in [0.2, 0.25) is 0 Å². The third kappa shape index (κ3) is 2.68. The third-order valence-corrected chi connectivity index (χ3v) is 4.87. The first-order valence-electron chi connectivity index (χ1n) is 8.60. The van der Waals surface area contributed by atoms with Crippen LogP contribution in [0.1, 0.15) is 50.3 Å². The summed E-state index contributed by atoms with van der Waals surface area (Å²) in [4.78, 5) is 28.6. The number of amides is 3. The summed E-state index contributed by atoms with van der Waals surface area (Å²) in [5.74, 6) is 0.491. The molecule has 2 aliphatic rings. The minimum Gasteiger partial charge on any atom is -0.333 e. The van der Waals surface area contributed by atoms with Crippen LogP contribution >= 0.6 is 0 Å². The van der Waals surface area contributed by atoms with Crippen LogP contribution in [0.3, 0.4) is 0 Å². The van der Waals surface area contributed by atoms with E-state index in [2.05, 4.69) is 38.2 Å². The van der Waals surface area contributed by atoms with Crippen LogP contribution in [0.2, 0.25) is 0 Å². The SMILES string of the molecule is CCCN1CC2=C(C1=O)[C@@H](c1ccc(C(C)C)cc1)NC(=O)N2C. The highest BCUT2D eigenvalue weighted by atomic mass is 16.2. The van der Waals surface area contributed by atoms with Crippen molar-refractivity contribution in [2.75, 3.05) is 20.1 Å². The summed E-state index contributed by atoms with van der Waals surface area (Å²) < 4.78 is 0. The number of rotatable bonds is 4. The van der Waals surface area contributed by atoms with Gasteiger partial charge in [-0.2, -0.15) is 0 Å². The van der Waals surface area contributed by atoms with Crippen LogP contribution in [0, 0.1) is 0 Å². The Morgan fingerprint density at radius 1 is 1.21 bits per heavy atom. The van der Waals surface area contributed by atoms with Gasteiger partial charge >= 0.3 is 6.03 Å². The van der Waals surface area contributed by atoms with E-state index in [4.69, 9.17) is 0 Å². The molecule has 2 heterocycles. The van der Waals surface area contributed by atoms with Gasteiger partial charge in [0.05, 0.1) is 23.9 Å². The van der Waals surface area contributed by atoms with E-state index in [1.807, 2.05) is 17.0 Å². The normalized spacial score (nSPS) is 20.8. The minimum atomic E-state index is -0.362. The molecule has 0 radical (unpaired) electrons. The first-order valence-corrected chi connectivity index (χ1v) is 8.60. The van der Waals surface area contributed by atoms with E-state index in [1.54, 1.807) is 11.9 Å². The first kappa shape index (κ1) is 16.6. The number of benzene rings is 1. The van der Waals surface area contributed by atoms with Crippen LogP contribution in [0.4, 0.5) is 4.79 Å². The van der Waals surface area contributed by atoms with Crippen molar-refractivity contribution in [3.8, 4) is 0 Å². The number of carbonyl (C=O) groups excluding carboxylic acids is 2. The van der Waals surface area contributed by atoms with E-state index in [0.717, 1.165) is 17.7 Å². The lowest BCUT2D eigenvalue weighted by molar-refractivity contribution is -0.125. The molecule has 0 unspecified atom stereocenters. The molecular weight excluding hydrogens is 302 g/mol. The second kappa shape index (κ2) is 6.30. The van der Waals surface area contributed by atoms with Gasteiger partial charge in [-0.15, -0.1) is 0 Å². The summed E-state index contributed by atoms with van der Waals surface area (Å²) in [6.45, 7) is 7.59. The van der Waals surface area contributed by atoms with Gasteiger partial charge in [-0.3, -0.25) is 9.69 Å². The molecule has 0 aromatic heterocycles. The quantitative estimate of drug-likeness (QED) is 0.924. The average Bonchev–Trinajstić information content (AvgIpc) is 2.89. The second-order valence-electron chi connectivity index (χ2n) is 6.85. The molecule has 1 aromatic carbocycles. The Kier molecular flexibility index (Phi) is 4.35. The summed E-state index contributed by atoms with van der Waals surface area (Å²) in [5, 5.41) is 2.98. The highest BCUT2D eigenvalue weighted by Crippen LogP contribution is 2.35. The van der Waals surface area contributed by atoms with Gasteiger partial charge in [0.1, 0.15) is 0 Å². The zero-order valence-corrected chi connectivity index (χ0v) is 14.8. The maximum absolute atomic E-state index is 12.8. The summed E-state index contributed by atoms with van der Waals surface area (Å²) in [7, 11) is 1.73. The molecule has 128 valence electrons. The van der Waals surface area contributed by atoms with Crippen LogP contribution in [-0.2, 0) is 4.79 Å². The molecule has 1 aromatic rings. The zero-order valence-electron chi connectivity index (χ0n) is 14.8. The van der Waals surface area contributed by atoms with Crippen molar-refractivity contribution in [2.24, 2.45) is 0 Å². The summed E-state index contributed by atoms with van der Waals surface area (Å²) in [5.41, 5.74) is 3.75. The Labute approximate surface area is 143 Å².